The highest BCUT2D eigenvalue weighted by atomic mass is 16.5. The van der Waals surface area contributed by atoms with Gasteiger partial charge in [-0.05, 0) is 31.1 Å². The molecule has 2 atom stereocenters. The summed E-state index contributed by atoms with van der Waals surface area (Å²) >= 11 is 0. The third-order valence-electron chi connectivity index (χ3n) is 3.33. The Morgan fingerprint density at radius 2 is 1.88 bits per heavy atom. The normalized spacial score (nSPS) is 29.2. The standard InChI is InChI=1S/C13H21N3O/c1-9-3-10(2)5-12(4-9)17-8-11-6-16-13(14)7-15-11/h6-7,9-10,12H,3-5,8H2,1-2H3,(H2,14,16). The number of rotatable bonds is 3. The van der Waals surface area contributed by atoms with Gasteiger partial charge in [-0.1, -0.05) is 13.8 Å². The van der Waals surface area contributed by atoms with Crippen LogP contribution in [0.25, 0.3) is 0 Å². The number of nitrogen functional groups attached to an aromatic ring is 1. The highest BCUT2D eigenvalue weighted by Crippen LogP contribution is 2.30. The highest BCUT2D eigenvalue weighted by molar-refractivity contribution is 5.22. The van der Waals surface area contributed by atoms with Gasteiger partial charge in [0.25, 0.3) is 0 Å². The van der Waals surface area contributed by atoms with Gasteiger partial charge in [-0.25, -0.2) is 4.98 Å². The molecule has 0 bridgehead atoms. The Bertz CT molecular complexity index is 342. The molecule has 94 valence electrons. The first kappa shape index (κ1) is 12.3. The van der Waals surface area contributed by atoms with E-state index < -0.39 is 0 Å². The van der Waals surface area contributed by atoms with Crippen molar-refractivity contribution < 1.29 is 4.74 Å². The molecule has 0 radical (unpaired) electrons. The van der Waals surface area contributed by atoms with Crippen molar-refractivity contribution in [3.05, 3.63) is 18.1 Å². The van der Waals surface area contributed by atoms with Gasteiger partial charge < -0.3 is 10.5 Å². The minimum atomic E-state index is 0.369. The van der Waals surface area contributed by atoms with E-state index in [0.717, 1.165) is 30.4 Å². The lowest BCUT2D eigenvalue weighted by atomic mass is 9.82. The van der Waals surface area contributed by atoms with Crippen LogP contribution in [0, 0.1) is 11.8 Å². The van der Waals surface area contributed by atoms with Gasteiger partial charge in [0.1, 0.15) is 5.82 Å². The molecule has 17 heavy (non-hydrogen) atoms. The van der Waals surface area contributed by atoms with Gasteiger partial charge in [0.05, 0.1) is 30.8 Å². The predicted octanol–water partition coefficient (Wildman–Crippen LogP) is 2.40. The van der Waals surface area contributed by atoms with Crippen LogP contribution in [0.5, 0.6) is 0 Å². The molecule has 2 N–H and O–H groups in total. The van der Waals surface area contributed by atoms with E-state index >= 15 is 0 Å². The SMILES string of the molecule is CC1CC(C)CC(OCc2cnc(N)cn2)C1. The second-order valence-corrected chi connectivity index (χ2v) is 5.28. The number of nitrogens with zero attached hydrogens (tertiary/aromatic N) is 2. The topological polar surface area (TPSA) is 61.0 Å². The van der Waals surface area contributed by atoms with Crippen LogP contribution in [-0.4, -0.2) is 16.1 Å². The summed E-state index contributed by atoms with van der Waals surface area (Å²) in [5.41, 5.74) is 6.34. The Labute approximate surface area is 103 Å². The van der Waals surface area contributed by atoms with Crippen LogP contribution in [0.1, 0.15) is 38.8 Å². The fourth-order valence-corrected chi connectivity index (χ4v) is 2.65. The van der Waals surface area contributed by atoms with E-state index in [0.29, 0.717) is 18.5 Å². The van der Waals surface area contributed by atoms with Crippen LogP contribution in [0.15, 0.2) is 12.4 Å². The first-order chi connectivity index (χ1) is 8.13. The van der Waals surface area contributed by atoms with Crippen molar-refractivity contribution >= 4 is 5.82 Å². The molecule has 1 aliphatic carbocycles. The molecule has 4 heteroatoms. The van der Waals surface area contributed by atoms with Crippen LogP contribution in [0.2, 0.25) is 0 Å². The van der Waals surface area contributed by atoms with Gasteiger partial charge in [-0.15, -0.1) is 0 Å². The summed E-state index contributed by atoms with van der Waals surface area (Å²) < 4.78 is 5.91. The van der Waals surface area contributed by atoms with Crippen LogP contribution >= 0.6 is 0 Å². The zero-order valence-electron chi connectivity index (χ0n) is 10.6. The Balaban J connectivity index is 1.83. The third kappa shape index (κ3) is 3.66. The Kier molecular flexibility index (Phi) is 3.94. The summed E-state index contributed by atoms with van der Waals surface area (Å²) in [6.07, 6.45) is 7.27. The number of hydrogen-bond acceptors (Lipinski definition) is 4. The molecule has 1 heterocycles. The van der Waals surface area contributed by atoms with E-state index in [-0.39, 0.29) is 0 Å². The molecule has 0 aromatic carbocycles. The predicted molar refractivity (Wildman–Crippen MR) is 67.2 cm³/mol. The summed E-state index contributed by atoms with van der Waals surface area (Å²) in [5.74, 6) is 1.98. The zero-order valence-corrected chi connectivity index (χ0v) is 10.6. The number of aromatic nitrogens is 2. The van der Waals surface area contributed by atoms with Crippen LogP contribution in [-0.2, 0) is 11.3 Å². The van der Waals surface area contributed by atoms with Gasteiger partial charge >= 0.3 is 0 Å². The molecule has 0 amide bonds. The van der Waals surface area contributed by atoms with E-state index in [4.69, 9.17) is 10.5 Å². The molecule has 1 saturated carbocycles. The van der Waals surface area contributed by atoms with Gasteiger partial charge in [0.2, 0.25) is 0 Å². The fraction of sp³-hybridized carbons (Fsp3) is 0.692. The van der Waals surface area contributed by atoms with Crippen LogP contribution in [0.4, 0.5) is 5.82 Å². The monoisotopic (exact) mass is 235 g/mol. The van der Waals surface area contributed by atoms with E-state index in [1.54, 1.807) is 12.4 Å². The maximum absolute atomic E-state index is 5.91. The lowest BCUT2D eigenvalue weighted by Crippen LogP contribution is -2.26. The minimum absolute atomic E-state index is 0.369. The van der Waals surface area contributed by atoms with Crippen molar-refractivity contribution in [1.82, 2.24) is 9.97 Å². The van der Waals surface area contributed by atoms with Crippen molar-refractivity contribution in [2.45, 2.75) is 45.8 Å². The van der Waals surface area contributed by atoms with E-state index in [9.17, 15) is 0 Å². The van der Waals surface area contributed by atoms with Crippen molar-refractivity contribution in [2.75, 3.05) is 5.73 Å². The average Bonchev–Trinajstić information content (AvgIpc) is 2.27. The summed E-state index contributed by atoms with van der Waals surface area (Å²) in [6, 6.07) is 0. The second-order valence-electron chi connectivity index (χ2n) is 5.28. The molecule has 4 nitrogen and oxygen atoms in total. The zero-order chi connectivity index (χ0) is 12.3. The van der Waals surface area contributed by atoms with Gasteiger partial charge in [0.15, 0.2) is 0 Å². The lowest BCUT2D eigenvalue weighted by Gasteiger charge is -2.31. The molecule has 2 unspecified atom stereocenters. The smallest absolute Gasteiger partial charge is 0.141 e. The molecular formula is C13H21N3O. The molecule has 1 aliphatic rings. The molecule has 0 aliphatic heterocycles. The van der Waals surface area contributed by atoms with Crippen molar-refractivity contribution in [3.63, 3.8) is 0 Å². The summed E-state index contributed by atoms with van der Waals surface area (Å²) in [7, 11) is 0. The second kappa shape index (κ2) is 5.45. The first-order valence-corrected chi connectivity index (χ1v) is 6.31. The minimum Gasteiger partial charge on any atom is -0.382 e. The van der Waals surface area contributed by atoms with Crippen LogP contribution < -0.4 is 5.73 Å². The van der Waals surface area contributed by atoms with E-state index in [1.807, 2.05) is 0 Å². The number of anilines is 1. The van der Waals surface area contributed by atoms with Crippen molar-refractivity contribution in [1.29, 1.82) is 0 Å². The molecule has 1 aromatic heterocycles. The van der Waals surface area contributed by atoms with E-state index in [2.05, 4.69) is 23.8 Å². The largest absolute Gasteiger partial charge is 0.382 e. The van der Waals surface area contributed by atoms with Crippen LogP contribution in [0.3, 0.4) is 0 Å². The highest BCUT2D eigenvalue weighted by Gasteiger charge is 2.24. The molecule has 0 saturated heterocycles. The third-order valence-corrected chi connectivity index (χ3v) is 3.33. The molecule has 1 fully saturated rings. The maximum atomic E-state index is 5.91. The summed E-state index contributed by atoms with van der Waals surface area (Å²) in [4.78, 5) is 8.20. The fourth-order valence-electron chi connectivity index (χ4n) is 2.65. The number of ether oxygens (including phenoxy) is 1. The lowest BCUT2D eigenvalue weighted by molar-refractivity contribution is -0.0106. The Morgan fingerprint density at radius 3 is 2.47 bits per heavy atom. The van der Waals surface area contributed by atoms with Gasteiger partial charge in [0, 0.05) is 0 Å². The number of nitrogens with two attached hydrogens (primary N) is 1. The Hall–Kier alpha value is -1.16. The first-order valence-electron chi connectivity index (χ1n) is 6.31. The molecular weight excluding hydrogens is 214 g/mol. The van der Waals surface area contributed by atoms with Gasteiger partial charge in [-0.3, -0.25) is 4.98 Å². The average molecular weight is 235 g/mol. The van der Waals surface area contributed by atoms with Crippen molar-refractivity contribution in [2.24, 2.45) is 11.8 Å². The quantitative estimate of drug-likeness (QED) is 0.874. The van der Waals surface area contributed by atoms with E-state index in [1.165, 1.54) is 6.42 Å². The molecule has 2 rings (SSSR count). The molecule has 0 spiro atoms. The summed E-state index contributed by atoms with van der Waals surface area (Å²) in [6.45, 7) is 5.14. The molecule has 1 aromatic rings. The Morgan fingerprint density at radius 1 is 1.18 bits per heavy atom. The summed E-state index contributed by atoms with van der Waals surface area (Å²) in [5, 5.41) is 0. The van der Waals surface area contributed by atoms with Crippen molar-refractivity contribution in [3.8, 4) is 0 Å². The maximum Gasteiger partial charge on any atom is 0.141 e. The van der Waals surface area contributed by atoms with Gasteiger partial charge in [-0.2, -0.15) is 0 Å². The number of hydrogen-bond donors (Lipinski definition) is 1.